The average molecular weight is 814 g/mol. The smallest absolute Gasteiger partial charge is 0.373 e. The van der Waals surface area contributed by atoms with Crippen LogP contribution >= 0.6 is 12.6 Å². The average Bonchev–Trinajstić information content (AvgIpc) is 3.19. The molecule has 0 spiro atoms. The van der Waals surface area contributed by atoms with Crippen LogP contribution in [0.4, 0.5) is 0 Å². The molecule has 0 N–H and O–H groups in total. The van der Waals surface area contributed by atoms with E-state index in [9.17, 15) is 0 Å². The summed E-state index contributed by atoms with van der Waals surface area (Å²) in [6.45, 7) is 9.28. The summed E-state index contributed by atoms with van der Waals surface area (Å²) in [6.07, 6.45) is 58.1. The minimum Gasteiger partial charge on any atom is -0.373 e. The highest BCUT2D eigenvalue weighted by atomic mass is 32.1. The van der Waals surface area contributed by atoms with E-state index in [0.717, 1.165) is 50.9 Å². The molecule has 5 heteroatoms. The molecule has 0 heterocycles. The standard InChI is InChI=1S/C50H104O3SSi/c1-4-7-10-13-16-19-22-25-28-31-34-37-40-43-46-51-55(50-49-54,52-47-44-41-38-35-32-29-26-23-20-17-14-11-8-5-2)53-48-45-42-39-36-33-30-27-24-21-18-15-12-9-6-3/h54H,4-50H2,1-3H3. The van der Waals surface area contributed by atoms with Crippen LogP contribution in [0.1, 0.15) is 290 Å². The van der Waals surface area contributed by atoms with Crippen LogP contribution in [0, 0.1) is 0 Å². The van der Waals surface area contributed by atoms with E-state index in [4.69, 9.17) is 13.3 Å². The Morgan fingerprint density at radius 1 is 0.255 bits per heavy atom. The molecule has 55 heavy (non-hydrogen) atoms. The van der Waals surface area contributed by atoms with E-state index in [0.29, 0.717) is 0 Å². The van der Waals surface area contributed by atoms with Gasteiger partial charge in [0.1, 0.15) is 0 Å². The first-order chi connectivity index (χ1) is 27.2. The van der Waals surface area contributed by atoms with Crippen LogP contribution in [-0.4, -0.2) is 34.4 Å². The van der Waals surface area contributed by atoms with Crippen LogP contribution in [0.25, 0.3) is 0 Å². The number of hydrogen-bond donors (Lipinski definition) is 1. The van der Waals surface area contributed by atoms with Gasteiger partial charge in [-0.3, -0.25) is 0 Å². The molecule has 0 aromatic rings. The Hall–Kier alpha value is 0.447. The van der Waals surface area contributed by atoms with Crippen LogP contribution in [0.3, 0.4) is 0 Å². The highest BCUT2D eigenvalue weighted by Crippen LogP contribution is 2.21. The molecule has 0 amide bonds. The third-order valence-electron chi connectivity index (χ3n) is 11.9. The summed E-state index contributed by atoms with van der Waals surface area (Å²) in [7, 11) is -2.69. The van der Waals surface area contributed by atoms with Crippen molar-refractivity contribution in [3.63, 3.8) is 0 Å². The lowest BCUT2D eigenvalue weighted by Gasteiger charge is -2.29. The van der Waals surface area contributed by atoms with Crippen molar-refractivity contribution in [2.24, 2.45) is 0 Å². The van der Waals surface area contributed by atoms with Crippen LogP contribution in [0.5, 0.6) is 0 Å². The van der Waals surface area contributed by atoms with Crippen molar-refractivity contribution in [2.45, 2.75) is 296 Å². The first-order valence-electron chi connectivity index (χ1n) is 25.8. The zero-order valence-corrected chi connectivity index (χ0v) is 40.3. The maximum absolute atomic E-state index is 6.66. The highest BCUT2D eigenvalue weighted by Gasteiger charge is 2.40. The Bertz CT molecular complexity index is 596. The van der Waals surface area contributed by atoms with E-state index in [2.05, 4.69) is 33.4 Å². The van der Waals surface area contributed by atoms with Gasteiger partial charge in [-0.05, 0) is 25.0 Å². The molecule has 0 bridgehead atoms. The molecule has 0 saturated carbocycles. The van der Waals surface area contributed by atoms with Crippen LogP contribution < -0.4 is 0 Å². The second-order valence-electron chi connectivity index (χ2n) is 17.5. The van der Waals surface area contributed by atoms with Crippen molar-refractivity contribution in [1.29, 1.82) is 0 Å². The minimum atomic E-state index is -2.69. The largest absolute Gasteiger partial charge is 0.501 e. The molecule has 0 fully saturated rings. The number of thiol groups is 1. The highest BCUT2D eigenvalue weighted by molar-refractivity contribution is 7.80. The summed E-state index contributed by atoms with van der Waals surface area (Å²) in [4.78, 5) is 0. The summed E-state index contributed by atoms with van der Waals surface area (Å²) in [5.41, 5.74) is 0. The summed E-state index contributed by atoms with van der Waals surface area (Å²) in [6, 6.07) is 0.839. The fourth-order valence-corrected chi connectivity index (χ4v) is 11.2. The van der Waals surface area contributed by atoms with Crippen molar-refractivity contribution in [2.75, 3.05) is 25.6 Å². The first kappa shape index (κ1) is 55.4. The van der Waals surface area contributed by atoms with Crippen molar-refractivity contribution in [3.8, 4) is 0 Å². The van der Waals surface area contributed by atoms with Crippen molar-refractivity contribution in [1.82, 2.24) is 0 Å². The van der Waals surface area contributed by atoms with Gasteiger partial charge in [-0.1, -0.05) is 271 Å². The van der Waals surface area contributed by atoms with E-state index < -0.39 is 8.80 Å². The molecule has 0 atom stereocenters. The molecule has 0 aromatic carbocycles. The van der Waals surface area contributed by atoms with Gasteiger partial charge in [-0.15, -0.1) is 0 Å². The van der Waals surface area contributed by atoms with Gasteiger partial charge >= 0.3 is 8.80 Å². The van der Waals surface area contributed by atoms with Gasteiger partial charge < -0.3 is 13.3 Å². The molecule has 0 aliphatic heterocycles. The molecule has 0 unspecified atom stereocenters. The summed E-state index contributed by atoms with van der Waals surface area (Å²) in [5, 5.41) is 0. The SMILES string of the molecule is CCCCCCCCCCCCCCCCO[Si](CCS)(OCCCCCCCCCCCCCCCC)OCCCCCCCCCCCCCCCC. The van der Waals surface area contributed by atoms with Crippen molar-refractivity contribution in [3.05, 3.63) is 0 Å². The monoisotopic (exact) mass is 813 g/mol. The Morgan fingerprint density at radius 2 is 0.418 bits per heavy atom. The Balaban J connectivity index is 4.31. The van der Waals surface area contributed by atoms with Gasteiger partial charge in [0.2, 0.25) is 0 Å². The van der Waals surface area contributed by atoms with Crippen molar-refractivity contribution < 1.29 is 13.3 Å². The van der Waals surface area contributed by atoms with Gasteiger partial charge in [0.15, 0.2) is 0 Å². The van der Waals surface area contributed by atoms with Gasteiger partial charge in [0, 0.05) is 25.9 Å². The van der Waals surface area contributed by atoms with E-state index in [1.165, 1.54) is 250 Å². The summed E-state index contributed by atoms with van der Waals surface area (Å²) < 4.78 is 20.0. The van der Waals surface area contributed by atoms with Gasteiger partial charge in [0.25, 0.3) is 0 Å². The predicted octanol–water partition coefficient (Wildman–Crippen LogP) is 18.3. The molecule has 3 nitrogen and oxygen atoms in total. The Morgan fingerprint density at radius 3 is 0.582 bits per heavy atom. The number of unbranched alkanes of at least 4 members (excludes halogenated alkanes) is 39. The molecule has 0 aliphatic rings. The Kier molecular flexibility index (Phi) is 49.2. The minimum absolute atomic E-state index is 0.780. The number of rotatable bonds is 50. The molecule has 0 aromatic heterocycles. The molecular weight excluding hydrogens is 709 g/mol. The second kappa shape index (κ2) is 48.8. The fourth-order valence-electron chi connectivity index (χ4n) is 8.05. The molecule has 0 rings (SSSR count). The van der Waals surface area contributed by atoms with Crippen LogP contribution in [-0.2, 0) is 13.3 Å². The normalized spacial score (nSPS) is 12.0. The van der Waals surface area contributed by atoms with E-state index in [-0.39, 0.29) is 0 Å². The lowest BCUT2D eigenvalue weighted by molar-refractivity contribution is 0.0566. The zero-order valence-electron chi connectivity index (χ0n) is 38.4. The van der Waals surface area contributed by atoms with E-state index >= 15 is 0 Å². The van der Waals surface area contributed by atoms with E-state index in [1.807, 2.05) is 0 Å². The molecule has 0 aliphatic carbocycles. The van der Waals surface area contributed by atoms with E-state index in [1.54, 1.807) is 0 Å². The van der Waals surface area contributed by atoms with Gasteiger partial charge in [-0.2, -0.15) is 12.6 Å². The third-order valence-corrected chi connectivity index (χ3v) is 15.3. The Labute approximate surface area is 355 Å². The maximum atomic E-state index is 6.66. The molecule has 0 saturated heterocycles. The fraction of sp³-hybridized carbons (Fsp3) is 1.00. The molecular formula is C50H104O3SSi. The lowest BCUT2D eigenvalue weighted by atomic mass is 10.0. The predicted molar refractivity (Wildman–Crippen MR) is 253 cm³/mol. The van der Waals surface area contributed by atoms with Gasteiger partial charge in [0.05, 0.1) is 0 Å². The van der Waals surface area contributed by atoms with Crippen molar-refractivity contribution >= 4 is 21.4 Å². The first-order valence-corrected chi connectivity index (χ1v) is 28.3. The molecule has 332 valence electrons. The zero-order chi connectivity index (χ0) is 39.9. The lowest BCUT2D eigenvalue weighted by Crippen LogP contribution is -2.47. The van der Waals surface area contributed by atoms with Crippen LogP contribution in [0.15, 0.2) is 0 Å². The van der Waals surface area contributed by atoms with Gasteiger partial charge in [-0.25, -0.2) is 0 Å². The summed E-state index contributed by atoms with van der Waals surface area (Å²) >= 11 is 4.66. The summed E-state index contributed by atoms with van der Waals surface area (Å²) in [5.74, 6) is 0.780. The quantitative estimate of drug-likeness (QED) is 0.0377. The molecule has 0 radical (unpaired) electrons. The maximum Gasteiger partial charge on any atom is 0.501 e. The topological polar surface area (TPSA) is 27.7 Å². The third kappa shape index (κ3) is 43.8. The second-order valence-corrected chi connectivity index (χ2v) is 20.7. The number of hydrogen-bond acceptors (Lipinski definition) is 4. The van der Waals surface area contributed by atoms with Crippen LogP contribution in [0.2, 0.25) is 6.04 Å².